The lowest BCUT2D eigenvalue weighted by Gasteiger charge is -2.29. The Balaban J connectivity index is 0.00000337. The number of halogens is 2. The van der Waals surface area contributed by atoms with Crippen molar-refractivity contribution in [3.63, 3.8) is 0 Å². The second-order valence-electron chi connectivity index (χ2n) is 9.86. The van der Waals surface area contributed by atoms with Crippen LogP contribution in [0.5, 0.6) is 5.75 Å². The fourth-order valence-electron chi connectivity index (χ4n) is 5.28. The Morgan fingerprint density at radius 3 is 2.44 bits per heavy atom. The van der Waals surface area contributed by atoms with Crippen molar-refractivity contribution < 1.29 is 13.9 Å². The highest BCUT2D eigenvalue weighted by molar-refractivity contribution is 6.01. The number of anilines is 1. The summed E-state index contributed by atoms with van der Waals surface area (Å²) in [6.07, 6.45) is 3.61. The molecule has 7 nitrogen and oxygen atoms in total. The first kappa shape index (κ1) is 27.8. The number of esters is 1. The Kier molecular flexibility index (Phi) is 7.99. The molecule has 0 saturated carbocycles. The average molecular weight is 568 g/mol. The van der Waals surface area contributed by atoms with E-state index in [4.69, 9.17) is 4.74 Å². The van der Waals surface area contributed by atoms with Crippen molar-refractivity contribution in [2.45, 2.75) is 26.2 Å². The molecule has 3 heterocycles. The number of benzene rings is 3. The number of aryl methyl sites for hydroxylation is 1. The van der Waals surface area contributed by atoms with Gasteiger partial charge in [-0.2, -0.15) is 10.4 Å². The zero-order valence-electron chi connectivity index (χ0n) is 22.4. The Labute approximate surface area is 243 Å². The first-order chi connectivity index (χ1) is 19.5. The van der Waals surface area contributed by atoms with Crippen molar-refractivity contribution in [1.29, 1.82) is 5.26 Å². The highest BCUT2D eigenvalue weighted by Crippen LogP contribution is 2.39. The Hall–Kier alpha value is -4.74. The third kappa shape index (κ3) is 5.37. The molecule has 0 bridgehead atoms. The van der Waals surface area contributed by atoms with E-state index in [1.807, 2.05) is 19.1 Å². The van der Waals surface area contributed by atoms with E-state index in [1.165, 1.54) is 31.4 Å². The molecule has 2 aromatic heterocycles. The summed E-state index contributed by atoms with van der Waals surface area (Å²) < 4.78 is 20.9. The van der Waals surface area contributed by atoms with Crippen molar-refractivity contribution in [2.75, 3.05) is 18.0 Å². The van der Waals surface area contributed by atoms with Gasteiger partial charge in [-0.25, -0.2) is 14.2 Å². The van der Waals surface area contributed by atoms with Crippen LogP contribution in [-0.4, -0.2) is 34.2 Å². The summed E-state index contributed by atoms with van der Waals surface area (Å²) in [6.45, 7) is 3.94. The second-order valence-corrected chi connectivity index (χ2v) is 9.86. The Bertz CT molecular complexity index is 1760. The maximum Gasteiger partial charge on any atom is 0.343 e. The van der Waals surface area contributed by atoms with Gasteiger partial charge in [0, 0.05) is 41.7 Å². The number of aromatic amines is 1. The van der Waals surface area contributed by atoms with Gasteiger partial charge < -0.3 is 9.64 Å². The Morgan fingerprint density at radius 2 is 1.76 bits per heavy atom. The van der Waals surface area contributed by atoms with Crippen LogP contribution in [0.4, 0.5) is 10.1 Å². The Morgan fingerprint density at radius 1 is 1.02 bits per heavy atom. The summed E-state index contributed by atoms with van der Waals surface area (Å²) in [5, 5.41) is 18.4. The molecule has 9 heteroatoms. The van der Waals surface area contributed by atoms with Crippen molar-refractivity contribution in [2.24, 2.45) is 0 Å². The van der Waals surface area contributed by atoms with Gasteiger partial charge >= 0.3 is 5.97 Å². The quantitative estimate of drug-likeness (QED) is 0.178. The second kappa shape index (κ2) is 11.8. The van der Waals surface area contributed by atoms with Gasteiger partial charge in [0.1, 0.15) is 17.6 Å². The molecular formula is C32H27ClFN5O2. The number of aromatic nitrogens is 3. The van der Waals surface area contributed by atoms with E-state index < -0.39 is 11.8 Å². The lowest BCUT2D eigenvalue weighted by atomic mass is 9.93. The number of nitrogens with one attached hydrogen (secondary N) is 1. The number of piperidine rings is 1. The lowest BCUT2D eigenvalue weighted by molar-refractivity contribution is 0.0734. The molecule has 0 amide bonds. The van der Waals surface area contributed by atoms with E-state index in [-0.39, 0.29) is 35.0 Å². The van der Waals surface area contributed by atoms with Crippen molar-refractivity contribution >= 4 is 35.1 Å². The number of H-pyrrole nitrogens is 1. The predicted octanol–water partition coefficient (Wildman–Crippen LogP) is 7.24. The molecule has 3 aromatic carbocycles. The van der Waals surface area contributed by atoms with E-state index in [0.717, 1.165) is 41.5 Å². The van der Waals surface area contributed by atoms with Gasteiger partial charge in [0.25, 0.3) is 0 Å². The number of hydrogen-bond donors (Lipinski definition) is 1. The van der Waals surface area contributed by atoms with Crippen LogP contribution >= 0.6 is 12.4 Å². The summed E-state index contributed by atoms with van der Waals surface area (Å²) in [6, 6.07) is 23.0. The van der Waals surface area contributed by atoms with E-state index in [0.29, 0.717) is 16.8 Å². The smallest absolute Gasteiger partial charge is 0.343 e. The number of ether oxygens (including phenoxy) is 1. The van der Waals surface area contributed by atoms with Crippen LogP contribution in [0, 0.1) is 24.1 Å². The van der Waals surface area contributed by atoms with Crippen LogP contribution in [0.25, 0.3) is 33.4 Å². The molecule has 5 aromatic rings. The molecule has 41 heavy (non-hydrogen) atoms. The van der Waals surface area contributed by atoms with Crippen LogP contribution in [0.15, 0.2) is 72.8 Å². The van der Waals surface area contributed by atoms with Crippen LogP contribution < -0.4 is 9.64 Å². The fraction of sp³-hybridized carbons (Fsp3) is 0.188. The van der Waals surface area contributed by atoms with E-state index in [1.54, 1.807) is 30.3 Å². The van der Waals surface area contributed by atoms with E-state index >= 15 is 4.39 Å². The molecular weight excluding hydrogens is 541 g/mol. The number of fused-ring (bicyclic) bond motifs is 1. The van der Waals surface area contributed by atoms with Crippen LogP contribution in [0.1, 0.15) is 40.9 Å². The monoisotopic (exact) mass is 567 g/mol. The summed E-state index contributed by atoms with van der Waals surface area (Å²) in [4.78, 5) is 19.4. The standard InChI is InChI=1S/C32H26FN5O2.ClH/c1-20-28-29(21-10-12-23(13-11-21)38-16-6-3-7-17-38)26(19-34)30(35-31(28)37-36-20)25-15-14-24(18-27(25)33)40-32(39)22-8-4-2-5-9-22;/h2,4-5,8-15,18H,3,6-7,16-17H2,1H3,(H,35,36,37);1H. The minimum atomic E-state index is -0.666. The molecule has 6 rings (SSSR count). The topological polar surface area (TPSA) is 94.9 Å². The van der Waals surface area contributed by atoms with Gasteiger partial charge in [-0.1, -0.05) is 30.3 Å². The first-order valence-electron chi connectivity index (χ1n) is 13.2. The maximum atomic E-state index is 15.5. The van der Waals surface area contributed by atoms with Gasteiger partial charge in [-0.05, 0) is 68.1 Å². The number of rotatable bonds is 5. The van der Waals surface area contributed by atoms with Crippen LogP contribution in [0.2, 0.25) is 0 Å². The summed E-state index contributed by atoms with van der Waals surface area (Å²) >= 11 is 0. The largest absolute Gasteiger partial charge is 0.423 e. The maximum absolute atomic E-state index is 15.5. The minimum absolute atomic E-state index is 0. The van der Waals surface area contributed by atoms with Gasteiger partial charge in [-0.15, -0.1) is 12.4 Å². The molecule has 0 unspecified atom stereocenters. The molecule has 0 atom stereocenters. The minimum Gasteiger partial charge on any atom is -0.423 e. The molecule has 1 saturated heterocycles. The molecule has 0 radical (unpaired) electrons. The third-order valence-electron chi connectivity index (χ3n) is 7.29. The SMILES string of the molecule is Cc1[nH]nc2nc(-c3ccc(OC(=O)c4ccccc4)cc3F)c(C#N)c(-c3ccc(N4CCCCC4)cc3)c12.Cl. The number of nitriles is 1. The number of carbonyl (C=O) groups excluding carboxylic acids is 1. The number of carbonyl (C=O) groups is 1. The fourth-order valence-corrected chi connectivity index (χ4v) is 5.28. The average Bonchev–Trinajstić information content (AvgIpc) is 3.37. The first-order valence-corrected chi connectivity index (χ1v) is 13.2. The number of pyridine rings is 1. The molecule has 1 N–H and O–H groups in total. The zero-order chi connectivity index (χ0) is 27.6. The highest BCUT2D eigenvalue weighted by atomic mass is 35.5. The van der Waals surface area contributed by atoms with Crippen LogP contribution in [-0.2, 0) is 0 Å². The van der Waals surface area contributed by atoms with Crippen molar-refractivity contribution in [3.05, 3.63) is 95.4 Å². The van der Waals surface area contributed by atoms with E-state index in [2.05, 4.69) is 38.3 Å². The molecule has 0 aliphatic carbocycles. The summed E-state index contributed by atoms with van der Waals surface area (Å²) in [5.41, 5.74) is 4.67. The lowest BCUT2D eigenvalue weighted by Crippen LogP contribution is -2.29. The molecule has 1 aliphatic heterocycles. The third-order valence-corrected chi connectivity index (χ3v) is 7.29. The molecule has 0 spiro atoms. The zero-order valence-corrected chi connectivity index (χ0v) is 23.2. The van der Waals surface area contributed by atoms with Gasteiger partial charge in [0.2, 0.25) is 0 Å². The summed E-state index contributed by atoms with van der Waals surface area (Å²) in [7, 11) is 0. The van der Waals surface area contributed by atoms with Gasteiger partial charge in [0.05, 0.1) is 22.2 Å². The summed E-state index contributed by atoms with van der Waals surface area (Å²) in [5.74, 6) is -1.20. The van der Waals surface area contributed by atoms with Gasteiger partial charge in [0.15, 0.2) is 5.65 Å². The predicted molar refractivity (Wildman–Crippen MR) is 159 cm³/mol. The van der Waals surface area contributed by atoms with Crippen molar-refractivity contribution in [1.82, 2.24) is 15.2 Å². The molecule has 206 valence electrons. The molecule has 1 aliphatic rings. The van der Waals surface area contributed by atoms with Gasteiger partial charge in [-0.3, -0.25) is 5.10 Å². The van der Waals surface area contributed by atoms with Crippen LogP contribution in [0.3, 0.4) is 0 Å². The highest BCUT2D eigenvalue weighted by Gasteiger charge is 2.23. The normalized spacial score (nSPS) is 13.0. The van der Waals surface area contributed by atoms with Crippen molar-refractivity contribution in [3.8, 4) is 34.2 Å². The van der Waals surface area contributed by atoms with E-state index in [9.17, 15) is 10.1 Å². The number of hydrogen-bond acceptors (Lipinski definition) is 6. The molecule has 1 fully saturated rings. The number of nitrogens with zero attached hydrogens (tertiary/aromatic N) is 4.